The minimum atomic E-state index is -2.14. The number of rotatable bonds is 5. The molecule has 7 atom stereocenters. The number of piperidine rings is 1. The van der Waals surface area contributed by atoms with Crippen LogP contribution in [0.4, 0.5) is 4.79 Å². The maximum Gasteiger partial charge on any atom is 0.412 e. The smallest absolute Gasteiger partial charge is 0.412 e. The molecule has 1 amide bonds. The lowest BCUT2D eigenvalue weighted by molar-refractivity contribution is -0.211. The lowest BCUT2D eigenvalue weighted by Crippen LogP contribution is -2.61. The monoisotopic (exact) mass is 549 g/mol. The quantitative estimate of drug-likeness (QED) is 0.256. The van der Waals surface area contributed by atoms with Crippen LogP contribution >= 0.6 is 0 Å². The van der Waals surface area contributed by atoms with Gasteiger partial charge in [0.05, 0.1) is 11.9 Å². The van der Waals surface area contributed by atoms with E-state index in [1.807, 2.05) is 32.6 Å². The summed E-state index contributed by atoms with van der Waals surface area (Å²) in [5, 5.41) is 0.0522. The zero-order chi connectivity index (χ0) is 28.8. The molecule has 3 heterocycles. The lowest BCUT2D eigenvalue weighted by Gasteiger charge is -2.50. The molecule has 3 aliphatic rings. The molecule has 1 spiro atoms. The van der Waals surface area contributed by atoms with E-state index >= 15 is 0 Å². The van der Waals surface area contributed by atoms with E-state index in [4.69, 9.17) is 18.6 Å². The molecular weight excluding hydrogens is 494 g/mol. The van der Waals surface area contributed by atoms with Crippen molar-refractivity contribution < 1.29 is 23.4 Å². The third-order valence-corrected chi connectivity index (χ3v) is 13.3. The standard InChI is InChI=1S/C31H55NO5Si/c1-20(2)14-24-16-21(3)17-25(34-24)27-26(37-38(12,13)30(9,10)11)18-31(35-27)23(5)15-22(4)19-32(31)28(33)36-29(6,7)8/h16,21-23,25-27H,1,14-15,17-19H2,2-13H3/t21-,22-,23+,25-,26-,27-,31+/m0/s1. The first-order chi connectivity index (χ1) is 17.2. The van der Waals surface area contributed by atoms with Crippen LogP contribution in [-0.2, 0) is 18.6 Å². The predicted molar refractivity (Wildman–Crippen MR) is 156 cm³/mol. The van der Waals surface area contributed by atoms with Gasteiger partial charge in [0.1, 0.15) is 17.8 Å². The fraction of sp³-hybridized carbons (Fsp3) is 0.839. The summed E-state index contributed by atoms with van der Waals surface area (Å²) >= 11 is 0. The third-order valence-electron chi connectivity index (χ3n) is 8.76. The van der Waals surface area contributed by atoms with Gasteiger partial charge in [-0.1, -0.05) is 53.7 Å². The van der Waals surface area contributed by atoms with Crippen LogP contribution in [-0.4, -0.2) is 55.5 Å². The molecule has 38 heavy (non-hydrogen) atoms. The Morgan fingerprint density at radius 1 is 1.16 bits per heavy atom. The second-order valence-corrected chi connectivity index (χ2v) is 19.8. The van der Waals surface area contributed by atoms with E-state index in [9.17, 15) is 4.79 Å². The van der Waals surface area contributed by atoms with Crippen molar-refractivity contribution in [1.82, 2.24) is 4.90 Å². The Labute approximate surface area is 233 Å². The van der Waals surface area contributed by atoms with Crippen LogP contribution in [0.1, 0.15) is 94.9 Å². The normalized spacial score (nSPS) is 34.6. The Bertz CT molecular complexity index is 916. The number of amides is 1. The molecule has 0 aliphatic carbocycles. The van der Waals surface area contributed by atoms with E-state index in [0.29, 0.717) is 24.8 Å². The van der Waals surface area contributed by atoms with Gasteiger partial charge in [0.2, 0.25) is 0 Å². The van der Waals surface area contributed by atoms with Crippen molar-refractivity contribution in [2.75, 3.05) is 6.54 Å². The highest BCUT2D eigenvalue weighted by Crippen LogP contribution is 2.51. The molecule has 0 aromatic heterocycles. The molecule has 0 aromatic carbocycles. The lowest BCUT2D eigenvalue weighted by atomic mass is 9.80. The molecule has 0 bridgehead atoms. The summed E-state index contributed by atoms with van der Waals surface area (Å²) in [6, 6.07) is 0. The maximum absolute atomic E-state index is 13.7. The summed E-state index contributed by atoms with van der Waals surface area (Å²) in [7, 11) is -2.14. The Morgan fingerprint density at radius 3 is 2.34 bits per heavy atom. The Hall–Kier alpha value is -1.31. The van der Waals surface area contributed by atoms with Gasteiger partial charge < -0.3 is 18.6 Å². The number of hydrogen-bond donors (Lipinski definition) is 0. The average molecular weight is 550 g/mol. The van der Waals surface area contributed by atoms with Crippen molar-refractivity contribution >= 4 is 14.4 Å². The molecular formula is C31H55NO5Si. The number of allylic oxidation sites excluding steroid dienone is 2. The molecule has 3 rings (SSSR count). The molecule has 3 aliphatic heterocycles. The number of ether oxygens (including phenoxy) is 3. The van der Waals surface area contributed by atoms with Gasteiger partial charge >= 0.3 is 6.09 Å². The number of likely N-dealkylation sites (tertiary alicyclic amines) is 1. The zero-order valence-corrected chi connectivity index (χ0v) is 27.3. The van der Waals surface area contributed by atoms with E-state index in [0.717, 1.165) is 30.6 Å². The Morgan fingerprint density at radius 2 is 1.79 bits per heavy atom. The molecule has 0 saturated carbocycles. The number of carbonyl (C=O) groups excluding carboxylic acids is 1. The van der Waals surface area contributed by atoms with Gasteiger partial charge in [-0.25, -0.2) is 4.79 Å². The molecule has 0 aromatic rings. The summed E-state index contributed by atoms with van der Waals surface area (Å²) in [6.07, 6.45) is 4.53. The van der Waals surface area contributed by atoms with Crippen molar-refractivity contribution in [3.63, 3.8) is 0 Å². The first-order valence-electron chi connectivity index (χ1n) is 14.6. The molecule has 0 radical (unpaired) electrons. The van der Waals surface area contributed by atoms with Gasteiger partial charge in [0.25, 0.3) is 0 Å². The second-order valence-electron chi connectivity index (χ2n) is 15.0. The first kappa shape index (κ1) is 31.2. The van der Waals surface area contributed by atoms with Gasteiger partial charge in [-0.3, -0.25) is 4.90 Å². The summed E-state index contributed by atoms with van der Waals surface area (Å²) in [5.41, 5.74) is -0.288. The highest BCUT2D eigenvalue weighted by molar-refractivity contribution is 6.74. The fourth-order valence-electron chi connectivity index (χ4n) is 6.01. The molecule has 7 heteroatoms. The van der Waals surface area contributed by atoms with Gasteiger partial charge in [-0.05, 0) is 76.6 Å². The molecule has 0 N–H and O–H groups in total. The van der Waals surface area contributed by atoms with Crippen LogP contribution in [0.25, 0.3) is 0 Å². The van der Waals surface area contributed by atoms with Crippen molar-refractivity contribution in [3.05, 3.63) is 24.0 Å². The average Bonchev–Trinajstić information content (AvgIpc) is 3.07. The minimum Gasteiger partial charge on any atom is -0.492 e. The number of hydrogen-bond acceptors (Lipinski definition) is 5. The molecule has 2 saturated heterocycles. The van der Waals surface area contributed by atoms with Crippen LogP contribution < -0.4 is 0 Å². The zero-order valence-electron chi connectivity index (χ0n) is 26.3. The molecule has 218 valence electrons. The third kappa shape index (κ3) is 6.87. The summed E-state index contributed by atoms with van der Waals surface area (Å²) in [4.78, 5) is 15.6. The van der Waals surface area contributed by atoms with Crippen LogP contribution in [0, 0.1) is 17.8 Å². The van der Waals surface area contributed by atoms with Crippen LogP contribution in [0.15, 0.2) is 24.0 Å². The SMILES string of the molecule is C=C(C)CC1=C[C@H](C)C[C@@H]([C@@H]2O[C@]3(C[C@@H]2O[Si](C)(C)C(C)(C)C)[C@H](C)C[C@H](C)CN3C(=O)OC(C)(C)C)O1. The number of carbonyl (C=O) groups is 1. The van der Waals surface area contributed by atoms with Gasteiger partial charge in [-0.2, -0.15) is 0 Å². The summed E-state index contributed by atoms with van der Waals surface area (Å²) < 4.78 is 26.8. The van der Waals surface area contributed by atoms with Crippen molar-refractivity contribution in [1.29, 1.82) is 0 Å². The van der Waals surface area contributed by atoms with Crippen LogP contribution in [0.3, 0.4) is 0 Å². The van der Waals surface area contributed by atoms with E-state index in [-0.39, 0.29) is 35.4 Å². The van der Waals surface area contributed by atoms with E-state index in [1.165, 1.54) is 0 Å². The summed E-state index contributed by atoms with van der Waals surface area (Å²) in [6.45, 7) is 30.6. The largest absolute Gasteiger partial charge is 0.492 e. The van der Waals surface area contributed by atoms with Crippen molar-refractivity contribution in [2.24, 2.45) is 17.8 Å². The van der Waals surface area contributed by atoms with E-state index in [2.05, 4.69) is 67.3 Å². The molecule has 2 fully saturated rings. The Balaban J connectivity index is 2.02. The van der Waals surface area contributed by atoms with Crippen molar-refractivity contribution in [2.45, 2.75) is 143 Å². The van der Waals surface area contributed by atoms with Crippen molar-refractivity contribution in [3.8, 4) is 0 Å². The number of nitrogens with zero attached hydrogens (tertiary/aromatic N) is 1. The topological polar surface area (TPSA) is 57.2 Å². The summed E-state index contributed by atoms with van der Waals surface area (Å²) in [5.74, 6) is 1.83. The fourth-order valence-corrected chi connectivity index (χ4v) is 7.34. The van der Waals surface area contributed by atoms with Gasteiger partial charge in [0.15, 0.2) is 14.0 Å². The van der Waals surface area contributed by atoms with Gasteiger partial charge in [0, 0.05) is 25.3 Å². The predicted octanol–water partition coefficient (Wildman–Crippen LogP) is 8.05. The van der Waals surface area contributed by atoms with Crippen LogP contribution in [0.2, 0.25) is 18.1 Å². The highest BCUT2D eigenvalue weighted by Gasteiger charge is 2.61. The molecule has 0 unspecified atom stereocenters. The highest BCUT2D eigenvalue weighted by atomic mass is 28.4. The van der Waals surface area contributed by atoms with Gasteiger partial charge in [-0.15, -0.1) is 0 Å². The molecule has 6 nitrogen and oxygen atoms in total. The minimum absolute atomic E-state index is 0.0522. The Kier molecular flexibility index (Phi) is 8.98. The van der Waals surface area contributed by atoms with E-state index in [1.54, 1.807) is 0 Å². The maximum atomic E-state index is 13.7. The first-order valence-corrected chi connectivity index (χ1v) is 17.5. The van der Waals surface area contributed by atoms with Crippen LogP contribution in [0.5, 0.6) is 0 Å². The second kappa shape index (κ2) is 10.9. The van der Waals surface area contributed by atoms with E-state index < -0.39 is 19.6 Å².